The maximum atomic E-state index is 12.4. The summed E-state index contributed by atoms with van der Waals surface area (Å²) in [5.41, 5.74) is 0.788. The number of allylic oxidation sites excluding steroid dienone is 1. The summed E-state index contributed by atoms with van der Waals surface area (Å²) < 4.78 is 12.0. The van der Waals surface area contributed by atoms with E-state index in [2.05, 4.69) is 15.9 Å². The van der Waals surface area contributed by atoms with Crippen LogP contribution in [0.2, 0.25) is 0 Å². The van der Waals surface area contributed by atoms with Crippen molar-refractivity contribution in [3.63, 3.8) is 0 Å². The summed E-state index contributed by atoms with van der Waals surface area (Å²) in [6, 6.07) is 14.8. The molecule has 1 aliphatic rings. The molecule has 128 valence electrons. The van der Waals surface area contributed by atoms with Gasteiger partial charge in [-0.15, -0.1) is 0 Å². The molecule has 0 radical (unpaired) electrons. The minimum atomic E-state index is -0.464. The van der Waals surface area contributed by atoms with Crippen LogP contribution in [-0.4, -0.2) is 10.7 Å². The summed E-state index contributed by atoms with van der Waals surface area (Å²) in [5.74, 6) is 1.09. The zero-order valence-corrected chi connectivity index (χ0v) is 14.7. The lowest BCUT2D eigenvalue weighted by Gasteiger charge is -1.99. The number of halogens is 1. The molecule has 0 bridgehead atoms. The van der Waals surface area contributed by atoms with E-state index in [1.807, 2.05) is 0 Å². The van der Waals surface area contributed by atoms with Gasteiger partial charge in [-0.1, -0.05) is 28.1 Å². The minimum Gasteiger partial charge on any atom is -0.456 e. The topological polar surface area (TPSA) is 82.6 Å². The Morgan fingerprint density at radius 1 is 1.04 bits per heavy atom. The zero-order valence-electron chi connectivity index (χ0n) is 13.1. The normalized spacial score (nSPS) is 14.3. The second kappa shape index (κ2) is 6.27. The first-order valence-electron chi connectivity index (χ1n) is 7.60. The number of nitro groups is 1. The molecule has 0 saturated heterocycles. The lowest BCUT2D eigenvalue weighted by molar-refractivity contribution is -0.384. The molecule has 0 N–H and O–H groups in total. The van der Waals surface area contributed by atoms with Crippen LogP contribution in [0.3, 0.4) is 0 Å². The molecular formula is C19H10BrNO5. The number of fused-ring (bicyclic) bond motifs is 1. The molecule has 0 aliphatic carbocycles. The van der Waals surface area contributed by atoms with Gasteiger partial charge in [0.25, 0.3) is 5.69 Å². The number of hydrogen-bond donors (Lipinski definition) is 0. The van der Waals surface area contributed by atoms with Crippen LogP contribution in [0, 0.1) is 10.1 Å². The van der Waals surface area contributed by atoms with Gasteiger partial charge in [0, 0.05) is 16.6 Å². The van der Waals surface area contributed by atoms with E-state index in [1.54, 1.807) is 48.5 Å². The predicted molar refractivity (Wildman–Crippen MR) is 97.9 cm³/mol. The second-order valence-electron chi connectivity index (χ2n) is 5.56. The van der Waals surface area contributed by atoms with Crippen molar-refractivity contribution in [1.82, 2.24) is 0 Å². The molecule has 0 atom stereocenters. The zero-order chi connectivity index (χ0) is 18.3. The van der Waals surface area contributed by atoms with E-state index >= 15 is 0 Å². The molecule has 0 spiro atoms. The SMILES string of the molecule is O=C1C(=Cc2ccc(-c3ccccc3[N+](=O)[O-])o2)Oc2ccc(Br)cc21. The summed E-state index contributed by atoms with van der Waals surface area (Å²) >= 11 is 3.33. The van der Waals surface area contributed by atoms with Crippen molar-refractivity contribution in [3.05, 3.63) is 86.3 Å². The van der Waals surface area contributed by atoms with Crippen LogP contribution in [-0.2, 0) is 0 Å². The fourth-order valence-corrected chi connectivity index (χ4v) is 3.07. The molecule has 26 heavy (non-hydrogen) atoms. The first-order valence-corrected chi connectivity index (χ1v) is 8.39. The maximum absolute atomic E-state index is 12.4. The van der Waals surface area contributed by atoms with Gasteiger partial charge in [-0.25, -0.2) is 0 Å². The molecule has 6 nitrogen and oxygen atoms in total. The third-order valence-electron chi connectivity index (χ3n) is 3.90. The molecule has 7 heteroatoms. The van der Waals surface area contributed by atoms with Crippen LogP contribution in [0.25, 0.3) is 17.4 Å². The molecule has 1 aliphatic heterocycles. The molecule has 0 amide bonds. The lowest BCUT2D eigenvalue weighted by atomic mass is 10.1. The van der Waals surface area contributed by atoms with Crippen molar-refractivity contribution in [1.29, 1.82) is 0 Å². The highest BCUT2D eigenvalue weighted by molar-refractivity contribution is 9.10. The van der Waals surface area contributed by atoms with Gasteiger partial charge in [-0.05, 0) is 36.4 Å². The number of ether oxygens (including phenoxy) is 1. The molecule has 0 saturated carbocycles. The highest BCUT2D eigenvalue weighted by atomic mass is 79.9. The Morgan fingerprint density at radius 2 is 1.85 bits per heavy atom. The number of nitrogens with zero attached hydrogens (tertiary/aromatic N) is 1. The van der Waals surface area contributed by atoms with Gasteiger partial charge in [0.1, 0.15) is 17.3 Å². The number of rotatable bonds is 3. The van der Waals surface area contributed by atoms with Crippen LogP contribution in [0.15, 0.2) is 69.2 Å². The van der Waals surface area contributed by atoms with Crippen molar-refractivity contribution in [2.24, 2.45) is 0 Å². The Kier molecular flexibility index (Phi) is 3.93. The Balaban J connectivity index is 1.67. The number of carbonyl (C=O) groups excluding carboxylic acids is 1. The van der Waals surface area contributed by atoms with E-state index in [0.717, 1.165) is 4.47 Å². The summed E-state index contributed by atoms with van der Waals surface area (Å²) in [5, 5.41) is 11.2. The third kappa shape index (κ3) is 2.82. The first-order chi connectivity index (χ1) is 12.5. The lowest BCUT2D eigenvalue weighted by Crippen LogP contribution is -1.97. The van der Waals surface area contributed by atoms with Gasteiger partial charge >= 0.3 is 0 Å². The number of nitro benzene ring substituents is 1. The molecule has 0 fully saturated rings. The summed E-state index contributed by atoms with van der Waals surface area (Å²) in [6.07, 6.45) is 1.48. The van der Waals surface area contributed by atoms with E-state index in [4.69, 9.17) is 9.15 Å². The number of Topliss-reactive ketones (excluding diaryl/α,β-unsaturated/α-hetero) is 1. The first kappa shape index (κ1) is 16.3. The molecule has 4 rings (SSSR count). The average Bonchev–Trinajstić information content (AvgIpc) is 3.21. The molecule has 1 aromatic heterocycles. The van der Waals surface area contributed by atoms with Crippen LogP contribution in [0.1, 0.15) is 16.1 Å². The van der Waals surface area contributed by atoms with Crippen molar-refractivity contribution in [3.8, 4) is 17.1 Å². The van der Waals surface area contributed by atoms with Crippen LogP contribution in [0.5, 0.6) is 5.75 Å². The van der Waals surface area contributed by atoms with Crippen molar-refractivity contribution >= 4 is 33.5 Å². The monoisotopic (exact) mass is 411 g/mol. The average molecular weight is 412 g/mol. The molecule has 0 unspecified atom stereocenters. The summed E-state index contributed by atoms with van der Waals surface area (Å²) in [4.78, 5) is 23.1. The number of furan rings is 1. The highest BCUT2D eigenvalue weighted by Gasteiger charge is 2.28. The van der Waals surface area contributed by atoms with Crippen molar-refractivity contribution in [2.75, 3.05) is 0 Å². The van der Waals surface area contributed by atoms with Gasteiger partial charge in [-0.3, -0.25) is 14.9 Å². The van der Waals surface area contributed by atoms with Crippen LogP contribution in [0.4, 0.5) is 5.69 Å². The maximum Gasteiger partial charge on any atom is 0.280 e. The van der Waals surface area contributed by atoms with E-state index in [0.29, 0.717) is 28.4 Å². The van der Waals surface area contributed by atoms with Gasteiger partial charge in [0.05, 0.1) is 16.1 Å². The largest absolute Gasteiger partial charge is 0.456 e. The van der Waals surface area contributed by atoms with Gasteiger partial charge < -0.3 is 9.15 Å². The predicted octanol–water partition coefficient (Wildman–Crippen LogP) is 5.23. The quantitative estimate of drug-likeness (QED) is 0.334. The van der Waals surface area contributed by atoms with Gasteiger partial charge in [0.2, 0.25) is 5.78 Å². The van der Waals surface area contributed by atoms with E-state index < -0.39 is 4.92 Å². The molecular weight excluding hydrogens is 402 g/mol. The molecule has 2 heterocycles. The van der Waals surface area contributed by atoms with Crippen molar-refractivity contribution < 1.29 is 18.9 Å². The number of carbonyl (C=O) groups is 1. The number of benzene rings is 2. The van der Waals surface area contributed by atoms with Gasteiger partial charge in [0.15, 0.2) is 5.76 Å². The standard InChI is InChI=1S/C19H10BrNO5/c20-11-5-7-17-14(9-11)19(22)18(26-17)10-12-6-8-16(25-12)13-3-1-2-4-15(13)21(23)24/h1-10H. The number of ketones is 1. The second-order valence-corrected chi connectivity index (χ2v) is 6.47. The van der Waals surface area contributed by atoms with E-state index in [1.165, 1.54) is 12.1 Å². The van der Waals surface area contributed by atoms with Crippen molar-refractivity contribution in [2.45, 2.75) is 0 Å². The van der Waals surface area contributed by atoms with E-state index in [-0.39, 0.29) is 17.2 Å². The van der Waals surface area contributed by atoms with Crippen LogP contribution >= 0.6 is 15.9 Å². The smallest absolute Gasteiger partial charge is 0.280 e. The van der Waals surface area contributed by atoms with Gasteiger partial charge in [-0.2, -0.15) is 0 Å². The molecule has 3 aromatic rings. The third-order valence-corrected chi connectivity index (χ3v) is 4.39. The molecule has 2 aromatic carbocycles. The van der Waals surface area contributed by atoms with E-state index in [9.17, 15) is 14.9 Å². The minimum absolute atomic E-state index is 0.0495. The summed E-state index contributed by atoms with van der Waals surface area (Å²) in [6.45, 7) is 0. The fourth-order valence-electron chi connectivity index (χ4n) is 2.71. The Bertz CT molecular complexity index is 1080. The fraction of sp³-hybridized carbons (Fsp3) is 0. The number of hydrogen-bond acceptors (Lipinski definition) is 5. The Hall–Kier alpha value is -3.19. The van der Waals surface area contributed by atoms with Crippen LogP contribution < -0.4 is 4.74 Å². The Labute approximate surface area is 156 Å². The number of para-hydroxylation sites is 1. The highest BCUT2D eigenvalue weighted by Crippen LogP contribution is 2.35. The summed E-state index contributed by atoms with van der Waals surface area (Å²) in [7, 11) is 0. The Morgan fingerprint density at radius 3 is 2.65 bits per heavy atom.